The number of carbonyl (C=O) groups excluding carboxylic acids is 1. The Morgan fingerprint density at radius 2 is 2.00 bits per heavy atom. The van der Waals surface area contributed by atoms with E-state index in [1.807, 2.05) is 30.1 Å². The van der Waals surface area contributed by atoms with Crippen LogP contribution in [0.5, 0.6) is 0 Å². The minimum absolute atomic E-state index is 0.236. The third-order valence-corrected chi connectivity index (χ3v) is 6.28. The Labute approximate surface area is 142 Å². The van der Waals surface area contributed by atoms with E-state index in [1.165, 1.54) is 0 Å². The number of carbonyl (C=O) groups is 1. The van der Waals surface area contributed by atoms with E-state index in [0.717, 1.165) is 67.5 Å². The quantitative estimate of drug-likeness (QED) is 0.904. The van der Waals surface area contributed by atoms with E-state index in [1.54, 1.807) is 0 Å². The van der Waals surface area contributed by atoms with Gasteiger partial charge in [0.2, 0.25) is 5.91 Å². The summed E-state index contributed by atoms with van der Waals surface area (Å²) in [6, 6.07) is 6.26. The summed E-state index contributed by atoms with van der Waals surface area (Å²) < 4.78 is 0. The van der Waals surface area contributed by atoms with Gasteiger partial charge in [-0.3, -0.25) is 4.79 Å². The minimum atomic E-state index is -0.360. The largest absolute Gasteiger partial charge is 0.328 e. The van der Waals surface area contributed by atoms with Crippen LogP contribution in [0.1, 0.15) is 31.2 Å². The molecule has 0 bridgehead atoms. The predicted molar refractivity (Wildman–Crippen MR) is 92.9 cm³/mol. The van der Waals surface area contributed by atoms with Crippen LogP contribution in [0.4, 0.5) is 5.69 Å². The van der Waals surface area contributed by atoms with Crippen LogP contribution in [0.15, 0.2) is 18.2 Å². The highest BCUT2D eigenvalue weighted by Crippen LogP contribution is 2.48. The van der Waals surface area contributed by atoms with E-state index >= 15 is 0 Å². The molecule has 1 aliphatic carbocycles. The molecule has 1 amide bonds. The molecule has 0 radical (unpaired) electrons. The highest BCUT2D eigenvalue weighted by molar-refractivity contribution is 6.31. The molecule has 0 atom stereocenters. The molecule has 0 aromatic heterocycles. The molecule has 1 aromatic carbocycles. The van der Waals surface area contributed by atoms with Gasteiger partial charge in [-0.15, -0.1) is 0 Å². The van der Waals surface area contributed by atoms with E-state index in [-0.39, 0.29) is 11.3 Å². The fourth-order valence-electron chi connectivity index (χ4n) is 4.63. The van der Waals surface area contributed by atoms with Crippen molar-refractivity contribution in [3.05, 3.63) is 28.8 Å². The maximum atomic E-state index is 12.9. The Hall–Kier alpha value is -1.10. The van der Waals surface area contributed by atoms with E-state index in [4.69, 9.17) is 17.3 Å². The van der Waals surface area contributed by atoms with Gasteiger partial charge < -0.3 is 15.5 Å². The van der Waals surface area contributed by atoms with E-state index in [9.17, 15) is 4.79 Å². The molecule has 2 heterocycles. The first kappa shape index (κ1) is 15.4. The zero-order chi connectivity index (χ0) is 16.2. The molecular formula is C18H24ClN3O. The van der Waals surface area contributed by atoms with Crippen LogP contribution >= 0.6 is 11.6 Å². The number of nitrogens with two attached hydrogens (primary N) is 1. The zero-order valence-corrected chi connectivity index (χ0v) is 14.4. The molecule has 3 aliphatic rings. The number of halogens is 1. The van der Waals surface area contributed by atoms with Crippen LogP contribution in [-0.4, -0.2) is 43.5 Å². The first-order valence-corrected chi connectivity index (χ1v) is 8.93. The van der Waals surface area contributed by atoms with Crippen molar-refractivity contribution >= 4 is 23.2 Å². The number of likely N-dealkylation sites (tertiary alicyclic amines) is 1. The van der Waals surface area contributed by atoms with Gasteiger partial charge in [-0.1, -0.05) is 11.6 Å². The summed E-state index contributed by atoms with van der Waals surface area (Å²) in [5.74, 6) is 0.989. The first-order chi connectivity index (χ1) is 11.0. The van der Waals surface area contributed by atoms with Gasteiger partial charge in [0.25, 0.3) is 0 Å². The van der Waals surface area contributed by atoms with Crippen molar-refractivity contribution in [1.82, 2.24) is 4.90 Å². The number of fused-ring (bicyclic) bond motifs is 2. The van der Waals surface area contributed by atoms with Crippen LogP contribution in [0.2, 0.25) is 5.02 Å². The number of hydrogen-bond donors (Lipinski definition) is 1. The van der Waals surface area contributed by atoms with Crippen LogP contribution in [0.25, 0.3) is 0 Å². The molecule has 0 unspecified atom stereocenters. The number of piperidine rings is 1. The smallest absolute Gasteiger partial charge is 0.237 e. The van der Waals surface area contributed by atoms with Gasteiger partial charge in [-0.05, 0) is 68.5 Å². The molecule has 5 heteroatoms. The van der Waals surface area contributed by atoms with Gasteiger partial charge >= 0.3 is 0 Å². The maximum Gasteiger partial charge on any atom is 0.237 e. The topological polar surface area (TPSA) is 49.6 Å². The summed E-state index contributed by atoms with van der Waals surface area (Å²) in [7, 11) is 1.88. The van der Waals surface area contributed by atoms with Gasteiger partial charge in [-0.25, -0.2) is 0 Å². The summed E-state index contributed by atoms with van der Waals surface area (Å²) in [5.41, 5.74) is 7.68. The Kier molecular flexibility index (Phi) is 3.67. The van der Waals surface area contributed by atoms with Crippen LogP contribution in [0.3, 0.4) is 0 Å². The standard InChI is InChI=1S/C18H24ClN3O/c1-21-16-3-2-13(19)10-15(16)18(17(21)23)4-6-22(7-5-18)11-12-8-14(20)9-12/h2-3,10,12,14H,4-9,11,20H2,1H3. The third-order valence-electron chi connectivity index (χ3n) is 6.05. The molecule has 23 heavy (non-hydrogen) atoms. The second kappa shape index (κ2) is 5.47. The average molecular weight is 334 g/mol. The average Bonchev–Trinajstić information content (AvgIpc) is 2.70. The lowest BCUT2D eigenvalue weighted by molar-refractivity contribution is -0.124. The predicted octanol–water partition coefficient (Wildman–Crippen LogP) is 2.39. The van der Waals surface area contributed by atoms with Crippen molar-refractivity contribution in [3.63, 3.8) is 0 Å². The number of nitrogens with zero attached hydrogens (tertiary/aromatic N) is 2. The Balaban J connectivity index is 1.52. The monoisotopic (exact) mass is 333 g/mol. The fraction of sp³-hybridized carbons (Fsp3) is 0.611. The second-order valence-electron chi connectivity index (χ2n) is 7.51. The van der Waals surface area contributed by atoms with Crippen LogP contribution in [-0.2, 0) is 10.2 Å². The molecule has 124 valence electrons. The Morgan fingerprint density at radius 3 is 2.65 bits per heavy atom. The lowest BCUT2D eigenvalue weighted by Gasteiger charge is -2.42. The van der Waals surface area contributed by atoms with Gasteiger partial charge in [0.05, 0.1) is 5.41 Å². The van der Waals surface area contributed by atoms with Crippen molar-refractivity contribution in [2.45, 2.75) is 37.1 Å². The molecule has 1 saturated heterocycles. The molecule has 2 aliphatic heterocycles. The summed E-state index contributed by atoms with van der Waals surface area (Å²) >= 11 is 6.21. The molecule has 4 rings (SSSR count). The molecule has 2 N–H and O–H groups in total. The van der Waals surface area contributed by atoms with Crippen molar-refractivity contribution in [1.29, 1.82) is 0 Å². The number of likely N-dealkylation sites (N-methyl/N-ethyl adjacent to an activating group) is 1. The van der Waals surface area contributed by atoms with Gasteiger partial charge in [0.15, 0.2) is 0 Å². The van der Waals surface area contributed by atoms with Crippen molar-refractivity contribution in [2.24, 2.45) is 11.7 Å². The molecule has 1 saturated carbocycles. The Bertz CT molecular complexity index is 633. The third kappa shape index (κ3) is 2.39. The lowest BCUT2D eigenvalue weighted by atomic mass is 9.73. The summed E-state index contributed by atoms with van der Waals surface area (Å²) in [5, 5.41) is 0.720. The fourth-order valence-corrected chi connectivity index (χ4v) is 4.80. The Morgan fingerprint density at radius 1 is 1.30 bits per heavy atom. The van der Waals surface area contributed by atoms with Gasteiger partial charge in [0.1, 0.15) is 0 Å². The highest BCUT2D eigenvalue weighted by Gasteiger charge is 2.51. The maximum absolute atomic E-state index is 12.9. The first-order valence-electron chi connectivity index (χ1n) is 8.56. The van der Waals surface area contributed by atoms with E-state index < -0.39 is 0 Å². The van der Waals surface area contributed by atoms with Crippen molar-refractivity contribution in [3.8, 4) is 0 Å². The van der Waals surface area contributed by atoms with Crippen LogP contribution < -0.4 is 10.6 Å². The molecule has 1 aromatic rings. The SMILES string of the molecule is CN1C(=O)C2(CCN(CC3CC(N)C3)CC2)c2cc(Cl)ccc21. The number of benzene rings is 1. The number of hydrogen-bond acceptors (Lipinski definition) is 3. The number of amides is 1. The van der Waals surface area contributed by atoms with E-state index in [0.29, 0.717) is 6.04 Å². The molecular weight excluding hydrogens is 310 g/mol. The summed E-state index contributed by atoms with van der Waals surface area (Å²) in [6.45, 7) is 3.10. The molecule has 2 fully saturated rings. The zero-order valence-electron chi connectivity index (χ0n) is 13.6. The molecule has 4 nitrogen and oxygen atoms in total. The van der Waals surface area contributed by atoms with Crippen LogP contribution in [0, 0.1) is 5.92 Å². The van der Waals surface area contributed by atoms with Gasteiger partial charge in [0, 0.05) is 30.3 Å². The van der Waals surface area contributed by atoms with Gasteiger partial charge in [-0.2, -0.15) is 0 Å². The second-order valence-corrected chi connectivity index (χ2v) is 7.94. The highest BCUT2D eigenvalue weighted by atomic mass is 35.5. The number of rotatable bonds is 2. The van der Waals surface area contributed by atoms with Crippen molar-refractivity contribution < 1.29 is 4.79 Å². The lowest BCUT2D eigenvalue weighted by Crippen LogP contribution is -2.50. The minimum Gasteiger partial charge on any atom is -0.328 e. The number of anilines is 1. The van der Waals surface area contributed by atoms with Crippen molar-refractivity contribution in [2.75, 3.05) is 31.6 Å². The molecule has 1 spiro atoms. The summed E-state index contributed by atoms with van der Waals surface area (Å²) in [6.07, 6.45) is 4.09. The summed E-state index contributed by atoms with van der Waals surface area (Å²) in [4.78, 5) is 17.3. The van der Waals surface area contributed by atoms with E-state index in [2.05, 4.69) is 4.90 Å². The normalized spacial score (nSPS) is 29.7.